The van der Waals surface area contributed by atoms with Crippen LogP contribution in [0, 0.1) is 0 Å². The van der Waals surface area contributed by atoms with E-state index in [4.69, 9.17) is 0 Å². The van der Waals surface area contributed by atoms with Crippen molar-refractivity contribution in [3.05, 3.63) is 35.9 Å². The molecule has 1 aromatic rings. The Hall–Kier alpha value is -0.900. The van der Waals surface area contributed by atoms with E-state index in [2.05, 4.69) is 47.5 Å². The molecule has 19 heavy (non-hydrogen) atoms. The lowest BCUT2D eigenvalue weighted by molar-refractivity contribution is -0.109. The molecule has 0 radical (unpaired) electrons. The molecule has 0 spiro atoms. The third kappa shape index (κ3) is 2.55. The Morgan fingerprint density at radius 3 is 2.63 bits per heavy atom. The molecule has 3 heteroatoms. The van der Waals surface area contributed by atoms with Crippen LogP contribution in [0.25, 0.3) is 0 Å². The molecule has 2 atom stereocenters. The van der Waals surface area contributed by atoms with Crippen LogP contribution in [0.3, 0.4) is 0 Å². The summed E-state index contributed by atoms with van der Waals surface area (Å²) >= 11 is 0. The Bertz CT molecular complexity index is 416. The predicted octanol–water partition coefficient (Wildman–Crippen LogP) is 1.76. The van der Waals surface area contributed by atoms with Crippen LogP contribution >= 0.6 is 0 Å². The van der Waals surface area contributed by atoms with Crippen molar-refractivity contribution in [2.24, 2.45) is 0 Å². The standard InChI is InChI=1S/C16H24N2O/c1-13-6-5-9-15(16(19)11-17-12-16)18(13)10-14-7-3-2-4-8-14/h2-4,7-8,13,15,17,19H,5-6,9-12H2,1H3/t13-,15+/m1/s1. The molecule has 0 amide bonds. The number of nitrogens with zero attached hydrogens (tertiary/aromatic N) is 1. The molecule has 0 aliphatic carbocycles. The summed E-state index contributed by atoms with van der Waals surface area (Å²) in [4.78, 5) is 2.51. The smallest absolute Gasteiger partial charge is 0.105 e. The minimum Gasteiger partial charge on any atom is -0.386 e. The molecule has 0 aromatic heterocycles. The first kappa shape index (κ1) is 13.1. The Morgan fingerprint density at radius 1 is 1.26 bits per heavy atom. The van der Waals surface area contributed by atoms with Gasteiger partial charge in [0.1, 0.15) is 5.60 Å². The molecule has 0 unspecified atom stereocenters. The van der Waals surface area contributed by atoms with Crippen LogP contribution in [-0.4, -0.2) is 40.8 Å². The average molecular weight is 260 g/mol. The molecular weight excluding hydrogens is 236 g/mol. The van der Waals surface area contributed by atoms with Crippen LogP contribution in [0.4, 0.5) is 0 Å². The highest BCUT2D eigenvalue weighted by atomic mass is 16.3. The average Bonchev–Trinajstić information content (AvgIpc) is 2.40. The number of β-amino-alcohol motifs (C(OH)–C–C–N with tert-alkyl or cyclic N) is 1. The van der Waals surface area contributed by atoms with E-state index in [1.165, 1.54) is 18.4 Å². The van der Waals surface area contributed by atoms with Gasteiger partial charge in [0, 0.05) is 31.7 Å². The van der Waals surface area contributed by atoms with Crippen molar-refractivity contribution in [1.82, 2.24) is 10.2 Å². The second-order valence-electron chi connectivity index (χ2n) is 6.16. The van der Waals surface area contributed by atoms with Gasteiger partial charge in [0.15, 0.2) is 0 Å². The molecule has 2 heterocycles. The first-order valence-corrected chi connectivity index (χ1v) is 7.42. The van der Waals surface area contributed by atoms with Crippen LogP contribution in [0.2, 0.25) is 0 Å². The molecular formula is C16H24N2O. The summed E-state index contributed by atoms with van der Waals surface area (Å²) < 4.78 is 0. The van der Waals surface area contributed by atoms with Crippen molar-refractivity contribution >= 4 is 0 Å². The van der Waals surface area contributed by atoms with Gasteiger partial charge in [0.2, 0.25) is 0 Å². The fourth-order valence-corrected chi connectivity index (χ4v) is 3.50. The fraction of sp³-hybridized carbons (Fsp3) is 0.625. The van der Waals surface area contributed by atoms with Crippen molar-refractivity contribution in [3.8, 4) is 0 Å². The second-order valence-corrected chi connectivity index (χ2v) is 6.16. The zero-order chi connectivity index (χ0) is 13.3. The predicted molar refractivity (Wildman–Crippen MR) is 76.9 cm³/mol. The molecule has 104 valence electrons. The van der Waals surface area contributed by atoms with E-state index < -0.39 is 5.60 Å². The Labute approximate surface area is 115 Å². The number of aliphatic hydroxyl groups is 1. The van der Waals surface area contributed by atoms with Gasteiger partial charge in [0.25, 0.3) is 0 Å². The molecule has 2 fully saturated rings. The summed E-state index contributed by atoms with van der Waals surface area (Å²) in [6, 6.07) is 11.5. The summed E-state index contributed by atoms with van der Waals surface area (Å²) in [7, 11) is 0. The number of benzene rings is 1. The minimum absolute atomic E-state index is 0.303. The molecule has 2 N–H and O–H groups in total. The topological polar surface area (TPSA) is 35.5 Å². The Kier molecular flexibility index (Phi) is 3.61. The van der Waals surface area contributed by atoms with Crippen molar-refractivity contribution in [1.29, 1.82) is 0 Å². The maximum absolute atomic E-state index is 10.7. The minimum atomic E-state index is -0.510. The van der Waals surface area contributed by atoms with Crippen LogP contribution in [0.15, 0.2) is 30.3 Å². The number of rotatable bonds is 3. The van der Waals surface area contributed by atoms with Gasteiger partial charge >= 0.3 is 0 Å². The monoisotopic (exact) mass is 260 g/mol. The number of nitrogens with one attached hydrogen (secondary N) is 1. The van der Waals surface area contributed by atoms with E-state index in [0.717, 1.165) is 26.1 Å². The third-order valence-electron chi connectivity index (χ3n) is 4.76. The second kappa shape index (κ2) is 5.23. The van der Waals surface area contributed by atoms with Crippen LogP contribution < -0.4 is 5.32 Å². The molecule has 0 saturated carbocycles. The molecule has 2 aliphatic rings. The van der Waals surface area contributed by atoms with E-state index in [0.29, 0.717) is 12.1 Å². The zero-order valence-corrected chi connectivity index (χ0v) is 11.7. The summed E-state index contributed by atoms with van der Waals surface area (Å²) in [5.41, 5.74) is 0.834. The van der Waals surface area contributed by atoms with Crippen molar-refractivity contribution in [2.75, 3.05) is 13.1 Å². The van der Waals surface area contributed by atoms with Crippen molar-refractivity contribution in [2.45, 2.75) is 50.4 Å². The normalized spacial score (nSPS) is 30.8. The lowest BCUT2D eigenvalue weighted by Crippen LogP contribution is -2.71. The van der Waals surface area contributed by atoms with Gasteiger partial charge in [-0.3, -0.25) is 4.90 Å². The molecule has 3 rings (SSSR count). The molecule has 1 aromatic carbocycles. The van der Waals surface area contributed by atoms with E-state index in [9.17, 15) is 5.11 Å². The summed E-state index contributed by atoms with van der Waals surface area (Å²) in [6.45, 7) is 4.74. The van der Waals surface area contributed by atoms with Gasteiger partial charge in [0.05, 0.1) is 0 Å². The molecule has 0 bridgehead atoms. The Morgan fingerprint density at radius 2 is 2.00 bits per heavy atom. The summed E-state index contributed by atoms with van der Waals surface area (Å²) in [5, 5.41) is 13.9. The number of hydrogen-bond donors (Lipinski definition) is 2. The van der Waals surface area contributed by atoms with Gasteiger partial charge in [-0.15, -0.1) is 0 Å². The maximum Gasteiger partial charge on any atom is 0.105 e. The SMILES string of the molecule is C[C@@H]1CCC[C@@H](C2(O)CNC2)N1Cc1ccccc1. The highest BCUT2D eigenvalue weighted by Gasteiger charge is 2.47. The third-order valence-corrected chi connectivity index (χ3v) is 4.76. The largest absolute Gasteiger partial charge is 0.386 e. The fourth-order valence-electron chi connectivity index (χ4n) is 3.50. The lowest BCUT2D eigenvalue weighted by atomic mass is 9.80. The van der Waals surface area contributed by atoms with Crippen molar-refractivity contribution in [3.63, 3.8) is 0 Å². The first-order chi connectivity index (χ1) is 9.19. The molecule has 3 nitrogen and oxygen atoms in total. The summed E-state index contributed by atoms with van der Waals surface area (Å²) in [6.07, 6.45) is 3.60. The first-order valence-electron chi connectivity index (χ1n) is 7.42. The van der Waals surface area contributed by atoms with Gasteiger partial charge in [-0.2, -0.15) is 0 Å². The lowest BCUT2D eigenvalue weighted by Gasteiger charge is -2.52. The van der Waals surface area contributed by atoms with Gasteiger partial charge in [-0.05, 0) is 25.3 Å². The van der Waals surface area contributed by atoms with Gasteiger partial charge in [-0.25, -0.2) is 0 Å². The highest BCUT2D eigenvalue weighted by Crippen LogP contribution is 2.33. The molecule has 2 saturated heterocycles. The highest BCUT2D eigenvalue weighted by molar-refractivity contribution is 5.16. The quantitative estimate of drug-likeness (QED) is 0.869. The van der Waals surface area contributed by atoms with Gasteiger partial charge in [-0.1, -0.05) is 36.8 Å². The van der Waals surface area contributed by atoms with E-state index in [-0.39, 0.29) is 0 Å². The van der Waals surface area contributed by atoms with Crippen LogP contribution in [0.5, 0.6) is 0 Å². The summed E-state index contributed by atoms with van der Waals surface area (Å²) in [5.74, 6) is 0. The Balaban J connectivity index is 1.78. The maximum atomic E-state index is 10.7. The van der Waals surface area contributed by atoms with Gasteiger partial charge < -0.3 is 10.4 Å². The number of hydrogen-bond acceptors (Lipinski definition) is 3. The zero-order valence-electron chi connectivity index (χ0n) is 11.7. The van der Waals surface area contributed by atoms with E-state index >= 15 is 0 Å². The van der Waals surface area contributed by atoms with Crippen LogP contribution in [-0.2, 0) is 6.54 Å². The van der Waals surface area contributed by atoms with Crippen LogP contribution in [0.1, 0.15) is 31.7 Å². The van der Waals surface area contributed by atoms with E-state index in [1.807, 2.05) is 0 Å². The van der Waals surface area contributed by atoms with E-state index in [1.54, 1.807) is 0 Å². The number of likely N-dealkylation sites (tertiary alicyclic amines) is 1. The van der Waals surface area contributed by atoms with Crippen molar-refractivity contribution < 1.29 is 5.11 Å². The number of piperidine rings is 1. The molecule has 2 aliphatic heterocycles.